The van der Waals surface area contributed by atoms with Gasteiger partial charge in [0.1, 0.15) is 0 Å². The third-order valence-corrected chi connectivity index (χ3v) is 8.43. The zero-order valence-electron chi connectivity index (χ0n) is 21.8. The van der Waals surface area contributed by atoms with Gasteiger partial charge in [0.05, 0.1) is 28.8 Å². The van der Waals surface area contributed by atoms with Crippen molar-refractivity contribution in [3.63, 3.8) is 0 Å². The first kappa shape index (κ1) is 25.6. The summed E-state index contributed by atoms with van der Waals surface area (Å²) in [6.45, 7) is 8.24. The molecule has 1 aliphatic carbocycles. The number of nitrogens with two attached hydrogens (primary N) is 1. The topological polar surface area (TPSA) is 88.8 Å². The van der Waals surface area contributed by atoms with Crippen molar-refractivity contribution in [2.24, 2.45) is 11.1 Å². The SMILES string of the molecule is CN(CCN)C(=O)c1cccc(-c2cc(-c3c(N4CCOCC4)sc4c3CC(C)(C)CC4=O)ccn2)c1. The quantitative estimate of drug-likeness (QED) is 0.517. The molecule has 0 atom stereocenters. The number of anilines is 1. The Morgan fingerprint density at radius 2 is 1.95 bits per heavy atom. The van der Waals surface area contributed by atoms with Crippen molar-refractivity contribution in [2.45, 2.75) is 26.7 Å². The molecule has 1 saturated heterocycles. The highest BCUT2D eigenvalue weighted by molar-refractivity contribution is 7.19. The summed E-state index contributed by atoms with van der Waals surface area (Å²) in [4.78, 5) is 35.6. The number of carbonyl (C=O) groups excluding carboxylic acids is 2. The molecule has 3 aromatic rings. The normalized spacial score (nSPS) is 17.0. The molecule has 1 amide bonds. The van der Waals surface area contributed by atoms with E-state index in [-0.39, 0.29) is 17.1 Å². The Morgan fingerprint density at radius 1 is 1.16 bits per heavy atom. The number of benzene rings is 1. The van der Waals surface area contributed by atoms with Gasteiger partial charge in [0.2, 0.25) is 0 Å². The van der Waals surface area contributed by atoms with Crippen LogP contribution in [0.3, 0.4) is 0 Å². The molecule has 37 heavy (non-hydrogen) atoms. The van der Waals surface area contributed by atoms with E-state index in [2.05, 4.69) is 29.8 Å². The lowest BCUT2D eigenvalue weighted by Gasteiger charge is -2.30. The lowest BCUT2D eigenvalue weighted by Crippen LogP contribution is -2.36. The highest BCUT2D eigenvalue weighted by atomic mass is 32.1. The number of aromatic nitrogens is 1. The Morgan fingerprint density at radius 3 is 2.70 bits per heavy atom. The van der Waals surface area contributed by atoms with Crippen molar-refractivity contribution < 1.29 is 14.3 Å². The van der Waals surface area contributed by atoms with Gasteiger partial charge in [-0.2, -0.15) is 0 Å². The molecule has 7 nitrogen and oxygen atoms in total. The van der Waals surface area contributed by atoms with E-state index in [1.165, 1.54) is 0 Å². The highest BCUT2D eigenvalue weighted by Crippen LogP contribution is 2.49. The van der Waals surface area contributed by atoms with E-state index < -0.39 is 0 Å². The molecule has 1 aliphatic heterocycles. The fraction of sp³-hybridized carbons (Fsp3) is 0.414. The van der Waals surface area contributed by atoms with Gasteiger partial charge in [-0.25, -0.2) is 0 Å². The summed E-state index contributed by atoms with van der Waals surface area (Å²) in [6.07, 6.45) is 3.26. The van der Waals surface area contributed by atoms with E-state index in [0.29, 0.717) is 38.3 Å². The maximum absolute atomic E-state index is 13.2. The monoisotopic (exact) mass is 518 g/mol. The van der Waals surface area contributed by atoms with Gasteiger partial charge in [-0.05, 0) is 47.2 Å². The second-order valence-electron chi connectivity index (χ2n) is 10.7. The van der Waals surface area contributed by atoms with Crippen LogP contribution in [0.15, 0.2) is 42.6 Å². The molecule has 2 N–H and O–H groups in total. The van der Waals surface area contributed by atoms with Gasteiger partial charge in [-0.3, -0.25) is 14.6 Å². The summed E-state index contributed by atoms with van der Waals surface area (Å²) in [5.74, 6) is 0.171. The average Bonchev–Trinajstić information content (AvgIpc) is 3.28. The largest absolute Gasteiger partial charge is 0.378 e. The Labute approximate surface area is 222 Å². The van der Waals surface area contributed by atoms with Crippen LogP contribution in [0.25, 0.3) is 22.4 Å². The van der Waals surface area contributed by atoms with E-state index >= 15 is 0 Å². The van der Waals surface area contributed by atoms with Gasteiger partial charge in [0, 0.05) is 62.5 Å². The third kappa shape index (κ3) is 5.19. The van der Waals surface area contributed by atoms with Gasteiger partial charge in [0.25, 0.3) is 5.91 Å². The molecule has 0 saturated carbocycles. The number of pyridine rings is 1. The van der Waals surface area contributed by atoms with Gasteiger partial charge < -0.3 is 20.3 Å². The highest BCUT2D eigenvalue weighted by Gasteiger charge is 2.37. The second-order valence-corrected chi connectivity index (χ2v) is 11.7. The number of thiophene rings is 1. The van der Waals surface area contributed by atoms with Crippen molar-refractivity contribution in [3.8, 4) is 22.4 Å². The summed E-state index contributed by atoms with van der Waals surface area (Å²) in [7, 11) is 1.76. The summed E-state index contributed by atoms with van der Waals surface area (Å²) in [6, 6.07) is 11.7. The van der Waals surface area contributed by atoms with Crippen LogP contribution in [0.4, 0.5) is 5.00 Å². The second kappa shape index (κ2) is 10.4. The smallest absolute Gasteiger partial charge is 0.253 e. The first-order valence-electron chi connectivity index (χ1n) is 12.8. The molecule has 2 aliphatic rings. The number of rotatable bonds is 6. The molecule has 0 bridgehead atoms. The summed E-state index contributed by atoms with van der Waals surface area (Å²) < 4.78 is 5.61. The average molecular weight is 519 g/mol. The summed E-state index contributed by atoms with van der Waals surface area (Å²) in [5, 5.41) is 1.14. The number of morpholine rings is 1. The lowest BCUT2D eigenvalue weighted by molar-refractivity contribution is 0.0798. The van der Waals surface area contributed by atoms with Crippen LogP contribution in [0.5, 0.6) is 0 Å². The number of Topliss-reactive ketones (excluding diaryl/α,β-unsaturated/α-hetero) is 1. The maximum atomic E-state index is 13.2. The number of nitrogens with zero attached hydrogens (tertiary/aromatic N) is 3. The standard InChI is InChI=1S/C29H34N4O3S/c1-29(2)17-22-25(28(33-11-13-36-14-12-33)37-26(22)24(34)18-29)20-7-9-31-23(16-20)19-5-4-6-21(15-19)27(35)32(3)10-8-30/h4-7,9,15-16H,8,10-14,17-18,30H2,1-3H3. The minimum atomic E-state index is -0.0811. The number of amides is 1. The Bertz CT molecular complexity index is 1330. The van der Waals surface area contributed by atoms with E-state index in [4.69, 9.17) is 10.5 Å². The molecule has 1 fully saturated rings. The molecule has 5 rings (SSSR count). The molecule has 2 aromatic heterocycles. The predicted octanol–water partition coefficient (Wildman–Crippen LogP) is 4.50. The van der Waals surface area contributed by atoms with Crippen molar-refractivity contribution in [2.75, 3.05) is 51.3 Å². The lowest BCUT2D eigenvalue weighted by atomic mass is 9.75. The van der Waals surface area contributed by atoms with E-state index in [0.717, 1.165) is 57.3 Å². The molecule has 0 spiro atoms. The van der Waals surface area contributed by atoms with Crippen molar-refractivity contribution in [1.82, 2.24) is 9.88 Å². The molecular weight excluding hydrogens is 484 g/mol. The molecule has 1 aromatic carbocycles. The number of ketones is 1. The summed E-state index contributed by atoms with van der Waals surface area (Å²) >= 11 is 1.63. The minimum Gasteiger partial charge on any atom is -0.378 e. The number of hydrogen-bond donors (Lipinski definition) is 1. The first-order chi connectivity index (χ1) is 17.8. The molecule has 8 heteroatoms. The van der Waals surface area contributed by atoms with E-state index in [9.17, 15) is 9.59 Å². The van der Waals surface area contributed by atoms with Crippen LogP contribution in [0.2, 0.25) is 0 Å². The maximum Gasteiger partial charge on any atom is 0.253 e. The number of fused-ring (bicyclic) bond motifs is 1. The summed E-state index contributed by atoms with van der Waals surface area (Å²) in [5.41, 5.74) is 11.2. The predicted molar refractivity (Wildman–Crippen MR) is 148 cm³/mol. The van der Waals surface area contributed by atoms with Gasteiger partial charge >= 0.3 is 0 Å². The number of hydrogen-bond acceptors (Lipinski definition) is 7. The van der Waals surface area contributed by atoms with Gasteiger partial charge in [-0.15, -0.1) is 11.3 Å². The van der Waals surface area contributed by atoms with E-state index in [1.807, 2.05) is 36.5 Å². The zero-order valence-corrected chi connectivity index (χ0v) is 22.6. The molecule has 0 unspecified atom stereocenters. The van der Waals surface area contributed by atoms with Crippen LogP contribution in [-0.2, 0) is 11.2 Å². The number of carbonyl (C=O) groups is 2. The van der Waals surface area contributed by atoms with Crippen molar-refractivity contribution >= 4 is 28.0 Å². The van der Waals surface area contributed by atoms with Crippen molar-refractivity contribution in [3.05, 3.63) is 58.6 Å². The fourth-order valence-corrected chi connectivity index (χ4v) is 6.59. The van der Waals surface area contributed by atoms with Crippen LogP contribution < -0.4 is 10.6 Å². The van der Waals surface area contributed by atoms with Gasteiger partial charge in [-0.1, -0.05) is 26.0 Å². The fourth-order valence-electron chi connectivity index (χ4n) is 5.26. The molecule has 3 heterocycles. The van der Waals surface area contributed by atoms with Crippen molar-refractivity contribution in [1.29, 1.82) is 0 Å². The third-order valence-electron chi connectivity index (χ3n) is 7.10. The first-order valence-corrected chi connectivity index (χ1v) is 13.6. The van der Waals surface area contributed by atoms with Gasteiger partial charge in [0.15, 0.2) is 5.78 Å². The van der Waals surface area contributed by atoms with Crippen LogP contribution in [-0.4, -0.2) is 68.0 Å². The van der Waals surface area contributed by atoms with Crippen LogP contribution in [0, 0.1) is 5.41 Å². The zero-order chi connectivity index (χ0) is 26.2. The molecule has 0 radical (unpaired) electrons. The Hall–Kier alpha value is -3.07. The Balaban J connectivity index is 1.58. The van der Waals surface area contributed by atoms with E-state index in [1.54, 1.807) is 23.3 Å². The Kier molecular flexibility index (Phi) is 7.16. The van der Waals surface area contributed by atoms with Crippen LogP contribution >= 0.6 is 11.3 Å². The number of likely N-dealkylation sites (N-methyl/N-ethyl adjacent to an activating group) is 1. The minimum absolute atomic E-state index is 0.0642. The van der Waals surface area contributed by atoms with Crippen LogP contribution in [0.1, 0.15) is 45.9 Å². The molecular formula is C29H34N4O3S. The number of ether oxygens (including phenoxy) is 1. The molecule has 194 valence electrons.